The van der Waals surface area contributed by atoms with Gasteiger partial charge in [0.1, 0.15) is 23.3 Å². The molecule has 0 aliphatic carbocycles. The second kappa shape index (κ2) is 15.5. The molecule has 0 amide bonds. The van der Waals surface area contributed by atoms with Crippen LogP contribution in [0.25, 0.3) is 0 Å². The number of carbonyl (C=O) groups is 3. The van der Waals surface area contributed by atoms with E-state index in [-0.39, 0.29) is 5.96 Å². The number of ether oxygens (including phenoxy) is 1. The number of ketones is 1. The number of nitrogens with two attached hydrogens (primary N) is 2. The summed E-state index contributed by atoms with van der Waals surface area (Å²) in [6, 6.07) is -0.852. The number of esters is 1. The lowest BCUT2D eigenvalue weighted by atomic mass is 10.0. The summed E-state index contributed by atoms with van der Waals surface area (Å²) in [5, 5.41) is 8.21. The number of carboxylic acid groups (broad SMARTS) is 1. The van der Waals surface area contributed by atoms with Crippen LogP contribution in [0.15, 0.2) is 17.1 Å². The van der Waals surface area contributed by atoms with Crippen LogP contribution in [0.1, 0.15) is 84.1 Å². The molecule has 8 nitrogen and oxygen atoms in total. The Hall–Kier alpha value is -2.38. The van der Waals surface area contributed by atoms with E-state index in [2.05, 4.69) is 11.9 Å². The summed E-state index contributed by atoms with van der Waals surface area (Å²) in [6.45, 7) is 5.76. The highest BCUT2D eigenvalue weighted by molar-refractivity contribution is 5.99. The maximum atomic E-state index is 12.1. The number of hydrogen-bond acceptors (Lipinski definition) is 5. The molecule has 8 heteroatoms. The van der Waals surface area contributed by atoms with Gasteiger partial charge >= 0.3 is 11.9 Å². The molecule has 0 spiro atoms. The van der Waals surface area contributed by atoms with Crippen molar-refractivity contribution in [2.45, 2.75) is 91.6 Å². The summed E-state index contributed by atoms with van der Waals surface area (Å²) in [5.74, 6) is -4.50. The topological polar surface area (TPSA) is 145 Å². The number of aliphatic imine (C=N–C) groups is 1. The molecule has 0 saturated heterocycles. The van der Waals surface area contributed by atoms with Gasteiger partial charge in [-0.3, -0.25) is 9.59 Å². The normalized spacial score (nSPS) is 15.0. The van der Waals surface area contributed by atoms with Crippen LogP contribution in [0.5, 0.6) is 0 Å². The lowest BCUT2D eigenvalue weighted by molar-refractivity contribution is -0.159. The second-order valence-corrected chi connectivity index (χ2v) is 7.57. The zero-order chi connectivity index (χ0) is 25.5. The quantitative estimate of drug-likeness (QED) is 0.117. The number of hydrogen-bond donors (Lipinski definition) is 3. The molecule has 29 heavy (non-hydrogen) atoms. The molecule has 0 bridgehead atoms. The van der Waals surface area contributed by atoms with Gasteiger partial charge in [-0.15, -0.1) is 0 Å². The van der Waals surface area contributed by atoms with Crippen molar-refractivity contribution < 1.29 is 28.3 Å². The molecule has 168 valence electrons. The summed E-state index contributed by atoms with van der Waals surface area (Å²) in [4.78, 5) is 37.5. The molecule has 0 radical (unpaired) electrons. The molecule has 0 aromatic heterocycles. The van der Waals surface area contributed by atoms with Crippen molar-refractivity contribution in [3.63, 3.8) is 0 Å². The molecule has 0 saturated carbocycles. The number of carboxylic acids is 1. The number of aliphatic carboxylic acids is 1. The van der Waals surface area contributed by atoms with Crippen molar-refractivity contribution in [2.75, 3.05) is 0 Å². The van der Waals surface area contributed by atoms with E-state index < -0.39 is 42.1 Å². The fourth-order valence-corrected chi connectivity index (χ4v) is 2.02. The van der Waals surface area contributed by atoms with Crippen LogP contribution in [-0.4, -0.2) is 40.4 Å². The Balaban J connectivity index is 0. The first-order valence-electron chi connectivity index (χ1n) is 11.3. The highest BCUT2D eigenvalue weighted by Crippen LogP contribution is 2.14. The summed E-state index contributed by atoms with van der Waals surface area (Å²) in [7, 11) is 0. The van der Waals surface area contributed by atoms with Crippen molar-refractivity contribution in [2.24, 2.45) is 22.4 Å². The largest absolute Gasteiger partial charge is 0.480 e. The monoisotopic (exact) mass is 416 g/mol. The molecule has 0 heterocycles. The molecule has 2 atom stereocenters. The number of carbonyl (C=O) groups excluding carboxylic acids is 2. The second-order valence-electron chi connectivity index (χ2n) is 7.57. The van der Waals surface area contributed by atoms with Crippen LogP contribution in [0.4, 0.5) is 0 Å². The Kier molecular flexibility index (Phi) is 12.3. The Morgan fingerprint density at radius 1 is 1.17 bits per heavy atom. The molecule has 2 unspecified atom stereocenters. The van der Waals surface area contributed by atoms with Crippen molar-refractivity contribution in [1.82, 2.24) is 0 Å². The van der Waals surface area contributed by atoms with Gasteiger partial charge in [0.05, 0.1) is 0 Å². The first kappa shape index (κ1) is 22.9. The van der Waals surface area contributed by atoms with Gasteiger partial charge in [-0.05, 0) is 47.4 Å². The van der Waals surface area contributed by atoms with E-state index in [1.165, 1.54) is 25.8 Å². The number of Topliss-reactive ketones (excluding diaryl/α,β-unsaturated/α-hetero) is 1. The van der Waals surface area contributed by atoms with Crippen LogP contribution in [0.2, 0.25) is 0 Å². The summed E-state index contributed by atoms with van der Waals surface area (Å²) < 4.78 is 26.8. The first-order chi connectivity index (χ1) is 14.5. The Morgan fingerprint density at radius 3 is 2.17 bits per heavy atom. The van der Waals surface area contributed by atoms with E-state index in [0.29, 0.717) is 0 Å². The molecular formula is C21H39N3O5. The van der Waals surface area contributed by atoms with E-state index in [9.17, 15) is 14.4 Å². The molecule has 0 fully saturated rings. The highest BCUT2D eigenvalue weighted by atomic mass is 16.6. The molecule has 0 aromatic carbocycles. The molecule has 0 aliphatic rings. The number of nitrogens with zero attached hydrogens (tertiary/aromatic N) is 1. The van der Waals surface area contributed by atoms with E-state index in [4.69, 9.17) is 25.4 Å². The van der Waals surface area contributed by atoms with Gasteiger partial charge in [0, 0.05) is 4.11 Å². The number of unbranched alkanes of at least 4 members (excludes halogenated alkanes) is 5. The molecule has 0 aliphatic heterocycles. The minimum absolute atomic E-state index is 0.204. The van der Waals surface area contributed by atoms with Crippen LogP contribution >= 0.6 is 0 Å². The lowest BCUT2D eigenvalue weighted by Crippen LogP contribution is -2.30. The minimum atomic E-state index is -2.81. The van der Waals surface area contributed by atoms with Crippen LogP contribution in [0, 0.1) is 5.92 Å². The van der Waals surface area contributed by atoms with Crippen LogP contribution in [-0.2, 0) is 19.1 Å². The predicted octanol–water partition coefficient (Wildman–Crippen LogP) is 3.18. The Bertz CT molecular complexity index is 652. The van der Waals surface area contributed by atoms with E-state index >= 15 is 0 Å². The number of allylic oxidation sites excluding steroid dienone is 1. The minimum Gasteiger partial charge on any atom is -0.480 e. The van der Waals surface area contributed by atoms with Gasteiger partial charge in [-0.1, -0.05) is 44.8 Å². The summed E-state index contributed by atoms with van der Waals surface area (Å²) in [5.41, 5.74) is 9.03. The standard InChI is InChI=1S/C17H30O3.C4H9N3O2/c1-6-7-8-9-10-11-12-13-15(14(2)18)16(19)20-17(3,4)5;1-2(3(8)9)7-4(5)6/h12-13,15H,6-11H2,1-5H3;2H,1H3,(H,8,9)(H4,5,6,7)/i2D3;. The van der Waals surface area contributed by atoms with Crippen molar-refractivity contribution in [1.29, 1.82) is 0 Å². The van der Waals surface area contributed by atoms with E-state index in [0.717, 1.165) is 25.7 Å². The van der Waals surface area contributed by atoms with E-state index in [1.54, 1.807) is 26.8 Å². The van der Waals surface area contributed by atoms with Gasteiger partial charge < -0.3 is 21.3 Å². The molecule has 0 aromatic rings. The smallest absolute Gasteiger partial charge is 0.328 e. The summed E-state index contributed by atoms with van der Waals surface area (Å²) >= 11 is 0. The average Bonchev–Trinajstić information content (AvgIpc) is 2.61. The van der Waals surface area contributed by atoms with Crippen molar-refractivity contribution >= 4 is 23.7 Å². The lowest BCUT2D eigenvalue weighted by Gasteiger charge is -2.21. The SMILES string of the molecule is CC(N=C(N)N)C(=O)O.[2H]C([2H])([2H])C(=O)C(C=CCCCCCCC)C(=O)OC(C)(C)C. The highest BCUT2D eigenvalue weighted by Gasteiger charge is 2.26. The molecular weight excluding hydrogens is 374 g/mol. The summed E-state index contributed by atoms with van der Waals surface area (Å²) in [6.07, 6.45) is 9.38. The van der Waals surface area contributed by atoms with Gasteiger partial charge in [0.25, 0.3) is 0 Å². The van der Waals surface area contributed by atoms with Gasteiger partial charge in [0.15, 0.2) is 5.96 Å². The maximum absolute atomic E-state index is 12.1. The molecule has 0 rings (SSSR count). The van der Waals surface area contributed by atoms with Crippen LogP contribution < -0.4 is 11.5 Å². The third-order valence-electron chi connectivity index (χ3n) is 3.45. The third kappa shape index (κ3) is 18.7. The number of guanidine groups is 1. The Morgan fingerprint density at radius 2 is 1.76 bits per heavy atom. The third-order valence-corrected chi connectivity index (χ3v) is 3.45. The fraction of sp³-hybridized carbons (Fsp3) is 0.714. The van der Waals surface area contributed by atoms with Crippen molar-refractivity contribution in [3.05, 3.63) is 12.2 Å². The van der Waals surface area contributed by atoms with Crippen molar-refractivity contribution in [3.8, 4) is 0 Å². The van der Waals surface area contributed by atoms with E-state index in [1.807, 2.05) is 0 Å². The zero-order valence-corrected chi connectivity index (χ0v) is 18.2. The first-order valence-corrected chi connectivity index (χ1v) is 9.78. The van der Waals surface area contributed by atoms with Gasteiger partial charge in [-0.2, -0.15) is 0 Å². The average molecular weight is 417 g/mol. The fourth-order valence-electron chi connectivity index (χ4n) is 2.02. The van der Waals surface area contributed by atoms with Crippen LogP contribution in [0.3, 0.4) is 0 Å². The Labute approximate surface area is 179 Å². The predicted molar refractivity (Wildman–Crippen MR) is 115 cm³/mol. The molecule has 5 N–H and O–H groups in total. The van der Waals surface area contributed by atoms with Gasteiger partial charge in [-0.25, -0.2) is 9.79 Å². The number of rotatable bonds is 11. The maximum Gasteiger partial charge on any atom is 0.328 e. The van der Waals surface area contributed by atoms with Gasteiger partial charge in [0.2, 0.25) is 0 Å². The zero-order valence-electron chi connectivity index (χ0n) is 21.2.